The Hall–Kier alpha value is -2.41. The number of benzene rings is 1. The van der Waals surface area contributed by atoms with Crippen molar-refractivity contribution >= 4 is 5.91 Å². The lowest BCUT2D eigenvalue weighted by atomic mass is 10.00. The SMILES string of the molecule is COc1ccc(-c2noc(CCC(=O)NC3CCCNC3C)n2)cc1. The van der Waals surface area contributed by atoms with Crippen LogP contribution in [0.2, 0.25) is 0 Å². The number of aryl methyl sites for hydroxylation is 1. The van der Waals surface area contributed by atoms with Crippen molar-refractivity contribution in [2.24, 2.45) is 0 Å². The van der Waals surface area contributed by atoms with Crippen molar-refractivity contribution < 1.29 is 14.1 Å². The first-order valence-electron chi connectivity index (χ1n) is 8.65. The van der Waals surface area contributed by atoms with Crippen molar-refractivity contribution in [2.45, 2.75) is 44.7 Å². The standard InChI is InChI=1S/C18H24N4O3/c1-12-15(4-3-11-19-12)20-16(23)9-10-17-21-18(22-25-17)13-5-7-14(24-2)8-6-13/h5-8,12,15,19H,3-4,9-11H2,1-2H3,(H,20,23). The number of nitrogens with zero attached hydrogens (tertiary/aromatic N) is 2. The second-order valence-electron chi connectivity index (χ2n) is 6.30. The Morgan fingerprint density at radius 3 is 2.92 bits per heavy atom. The average Bonchev–Trinajstić information content (AvgIpc) is 3.11. The number of piperidine rings is 1. The number of ether oxygens (including phenoxy) is 1. The highest BCUT2D eigenvalue weighted by molar-refractivity contribution is 5.76. The zero-order valence-corrected chi connectivity index (χ0v) is 14.6. The number of carbonyl (C=O) groups is 1. The van der Waals surface area contributed by atoms with Crippen LogP contribution in [0.3, 0.4) is 0 Å². The molecule has 0 aliphatic carbocycles. The van der Waals surface area contributed by atoms with Crippen molar-refractivity contribution in [3.8, 4) is 17.1 Å². The maximum atomic E-state index is 12.1. The van der Waals surface area contributed by atoms with E-state index >= 15 is 0 Å². The summed E-state index contributed by atoms with van der Waals surface area (Å²) in [5, 5.41) is 10.4. The van der Waals surface area contributed by atoms with Crippen LogP contribution in [0.5, 0.6) is 5.75 Å². The minimum atomic E-state index is 0.0183. The normalized spacial score (nSPS) is 20.2. The first kappa shape index (κ1) is 17.4. The van der Waals surface area contributed by atoms with E-state index < -0.39 is 0 Å². The Morgan fingerprint density at radius 2 is 2.20 bits per heavy atom. The molecule has 2 aromatic rings. The van der Waals surface area contributed by atoms with Crippen molar-refractivity contribution in [3.63, 3.8) is 0 Å². The van der Waals surface area contributed by atoms with E-state index in [0.717, 1.165) is 30.7 Å². The summed E-state index contributed by atoms with van der Waals surface area (Å²) < 4.78 is 10.4. The monoisotopic (exact) mass is 344 g/mol. The summed E-state index contributed by atoms with van der Waals surface area (Å²) in [5.74, 6) is 1.78. The van der Waals surface area contributed by atoms with Gasteiger partial charge in [-0.1, -0.05) is 5.16 Å². The van der Waals surface area contributed by atoms with E-state index in [0.29, 0.717) is 30.6 Å². The molecule has 0 bridgehead atoms. The minimum Gasteiger partial charge on any atom is -0.497 e. The molecule has 7 heteroatoms. The van der Waals surface area contributed by atoms with Gasteiger partial charge in [0.2, 0.25) is 17.6 Å². The number of amides is 1. The average molecular weight is 344 g/mol. The molecule has 25 heavy (non-hydrogen) atoms. The summed E-state index contributed by atoms with van der Waals surface area (Å²) in [7, 11) is 1.62. The predicted octanol–water partition coefficient (Wildman–Crippen LogP) is 1.93. The quantitative estimate of drug-likeness (QED) is 0.832. The van der Waals surface area contributed by atoms with Crippen molar-refractivity contribution in [1.82, 2.24) is 20.8 Å². The summed E-state index contributed by atoms with van der Waals surface area (Å²) >= 11 is 0. The van der Waals surface area contributed by atoms with Gasteiger partial charge in [0, 0.05) is 30.5 Å². The summed E-state index contributed by atoms with van der Waals surface area (Å²) in [5.41, 5.74) is 0.849. The van der Waals surface area contributed by atoms with Crippen LogP contribution in [-0.2, 0) is 11.2 Å². The molecule has 134 valence electrons. The zero-order chi connectivity index (χ0) is 17.6. The number of nitrogens with one attached hydrogen (secondary N) is 2. The molecule has 3 rings (SSSR count). The lowest BCUT2D eigenvalue weighted by molar-refractivity contribution is -0.122. The van der Waals surface area contributed by atoms with Crippen LogP contribution in [0.4, 0.5) is 0 Å². The Bertz CT molecular complexity index is 699. The predicted molar refractivity (Wildman–Crippen MR) is 93.2 cm³/mol. The number of rotatable bonds is 6. The molecule has 0 saturated carbocycles. The van der Waals surface area contributed by atoms with Crippen molar-refractivity contribution in [2.75, 3.05) is 13.7 Å². The molecular formula is C18H24N4O3. The third kappa shape index (κ3) is 4.57. The lowest BCUT2D eigenvalue weighted by Crippen LogP contribution is -2.51. The molecule has 2 heterocycles. The second kappa shape index (κ2) is 8.11. The molecule has 1 aromatic carbocycles. The summed E-state index contributed by atoms with van der Waals surface area (Å²) in [6, 6.07) is 7.94. The van der Waals surface area contributed by atoms with E-state index in [1.54, 1.807) is 7.11 Å². The highest BCUT2D eigenvalue weighted by Gasteiger charge is 2.22. The van der Waals surface area contributed by atoms with Gasteiger partial charge in [-0.15, -0.1) is 0 Å². The molecule has 2 atom stereocenters. The van der Waals surface area contributed by atoms with Gasteiger partial charge >= 0.3 is 0 Å². The van der Waals surface area contributed by atoms with E-state index in [-0.39, 0.29) is 11.9 Å². The van der Waals surface area contributed by atoms with Gasteiger partial charge in [-0.25, -0.2) is 0 Å². The van der Waals surface area contributed by atoms with Crippen LogP contribution in [0.15, 0.2) is 28.8 Å². The van der Waals surface area contributed by atoms with Crippen LogP contribution in [-0.4, -0.2) is 41.8 Å². The largest absolute Gasteiger partial charge is 0.497 e. The first-order valence-corrected chi connectivity index (χ1v) is 8.65. The third-order valence-corrected chi connectivity index (χ3v) is 4.49. The van der Waals surface area contributed by atoms with Crippen LogP contribution in [0, 0.1) is 0 Å². The van der Waals surface area contributed by atoms with Gasteiger partial charge in [-0.3, -0.25) is 4.79 Å². The lowest BCUT2D eigenvalue weighted by Gasteiger charge is -2.30. The van der Waals surface area contributed by atoms with Crippen LogP contribution < -0.4 is 15.4 Å². The Balaban J connectivity index is 1.51. The van der Waals surface area contributed by atoms with Gasteiger partial charge in [-0.2, -0.15) is 4.98 Å². The molecule has 7 nitrogen and oxygen atoms in total. The molecule has 0 radical (unpaired) electrons. The maximum Gasteiger partial charge on any atom is 0.227 e. The number of aromatic nitrogens is 2. The van der Waals surface area contributed by atoms with E-state index in [2.05, 4.69) is 27.7 Å². The summed E-state index contributed by atoms with van der Waals surface area (Å²) in [6.07, 6.45) is 2.88. The van der Waals surface area contributed by atoms with Crippen LogP contribution >= 0.6 is 0 Å². The molecule has 0 spiro atoms. The summed E-state index contributed by atoms with van der Waals surface area (Å²) in [4.78, 5) is 16.5. The topological polar surface area (TPSA) is 89.3 Å². The van der Waals surface area contributed by atoms with Gasteiger partial charge < -0.3 is 19.9 Å². The Labute approximate surface area is 147 Å². The first-order chi connectivity index (χ1) is 12.2. The number of hydrogen-bond acceptors (Lipinski definition) is 6. The molecule has 1 fully saturated rings. The van der Waals surface area contributed by atoms with Crippen LogP contribution in [0.25, 0.3) is 11.4 Å². The maximum absolute atomic E-state index is 12.1. The number of hydrogen-bond donors (Lipinski definition) is 2. The smallest absolute Gasteiger partial charge is 0.227 e. The summed E-state index contributed by atoms with van der Waals surface area (Å²) in [6.45, 7) is 3.12. The molecule has 1 amide bonds. The molecule has 1 aliphatic heterocycles. The fourth-order valence-electron chi connectivity index (χ4n) is 2.95. The highest BCUT2D eigenvalue weighted by Crippen LogP contribution is 2.20. The van der Waals surface area contributed by atoms with Gasteiger partial charge in [0.1, 0.15) is 5.75 Å². The zero-order valence-electron chi connectivity index (χ0n) is 14.6. The van der Waals surface area contributed by atoms with E-state index in [4.69, 9.17) is 9.26 Å². The fraction of sp³-hybridized carbons (Fsp3) is 0.500. The van der Waals surface area contributed by atoms with Crippen molar-refractivity contribution in [1.29, 1.82) is 0 Å². The minimum absolute atomic E-state index is 0.0183. The van der Waals surface area contributed by atoms with Gasteiger partial charge in [0.15, 0.2) is 0 Å². The van der Waals surface area contributed by atoms with Crippen molar-refractivity contribution in [3.05, 3.63) is 30.2 Å². The molecular weight excluding hydrogens is 320 g/mol. The number of carbonyl (C=O) groups excluding carboxylic acids is 1. The van der Waals surface area contributed by atoms with Gasteiger partial charge in [0.25, 0.3) is 0 Å². The Kier molecular flexibility index (Phi) is 5.65. The number of methoxy groups -OCH3 is 1. The molecule has 2 N–H and O–H groups in total. The molecule has 1 aromatic heterocycles. The van der Waals surface area contributed by atoms with E-state index in [1.165, 1.54) is 0 Å². The van der Waals surface area contributed by atoms with Gasteiger partial charge in [-0.05, 0) is 50.6 Å². The molecule has 1 saturated heterocycles. The second-order valence-corrected chi connectivity index (χ2v) is 6.30. The van der Waals surface area contributed by atoms with Crippen LogP contribution in [0.1, 0.15) is 32.1 Å². The Morgan fingerprint density at radius 1 is 1.40 bits per heavy atom. The van der Waals surface area contributed by atoms with Gasteiger partial charge in [0.05, 0.1) is 7.11 Å². The third-order valence-electron chi connectivity index (χ3n) is 4.49. The molecule has 2 unspecified atom stereocenters. The van der Waals surface area contributed by atoms with E-state index in [1.807, 2.05) is 24.3 Å². The fourth-order valence-corrected chi connectivity index (χ4v) is 2.95. The highest BCUT2D eigenvalue weighted by atomic mass is 16.5. The molecule has 1 aliphatic rings. The van der Waals surface area contributed by atoms with E-state index in [9.17, 15) is 4.79 Å².